The van der Waals surface area contributed by atoms with Crippen LogP contribution in [0, 0.1) is 11.3 Å². The Bertz CT molecular complexity index is 152. The van der Waals surface area contributed by atoms with Crippen LogP contribution >= 0.6 is 0 Å². The van der Waals surface area contributed by atoms with E-state index < -0.39 is 0 Å². The molecular weight excluding hydrogens is 138 g/mol. The number of likely N-dealkylation sites (N-methyl/N-ethyl adjacent to an activating group) is 1. The number of nitrogens with zero attached hydrogens (tertiary/aromatic N) is 2. The van der Waals surface area contributed by atoms with E-state index in [9.17, 15) is 0 Å². The normalized spacial score (nSPS) is 14.6. The topological polar surface area (TPSA) is 53.0 Å². The van der Waals surface area contributed by atoms with Gasteiger partial charge in [-0.1, -0.05) is 0 Å². The third-order valence-corrected chi connectivity index (χ3v) is 1.78. The Labute approximate surface area is 68.8 Å². The molecule has 0 heterocycles. The van der Waals surface area contributed by atoms with Crippen molar-refractivity contribution in [2.24, 2.45) is 5.73 Å². The first kappa shape index (κ1) is 10.4. The van der Waals surface area contributed by atoms with E-state index in [1.165, 1.54) is 0 Å². The molecule has 0 spiro atoms. The van der Waals surface area contributed by atoms with E-state index in [2.05, 4.69) is 25.7 Å². The highest BCUT2D eigenvalue weighted by molar-refractivity contribution is 4.90. The minimum Gasteiger partial charge on any atom is -0.315 e. The minimum atomic E-state index is -0.376. The van der Waals surface area contributed by atoms with E-state index in [4.69, 9.17) is 11.0 Å². The Morgan fingerprint density at radius 1 is 1.55 bits per heavy atom. The van der Waals surface area contributed by atoms with Crippen LogP contribution in [0.1, 0.15) is 20.8 Å². The van der Waals surface area contributed by atoms with Crippen molar-refractivity contribution >= 4 is 0 Å². The van der Waals surface area contributed by atoms with Crippen LogP contribution in [0.15, 0.2) is 0 Å². The Morgan fingerprint density at radius 3 is 2.27 bits per heavy atom. The number of rotatable bonds is 2. The summed E-state index contributed by atoms with van der Waals surface area (Å²) in [4.78, 5) is 2.07. The van der Waals surface area contributed by atoms with E-state index in [-0.39, 0.29) is 11.6 Å². The monoisotopic (exact) mass is 155 g/mol. The zero-order valence-corrected chi connectivity index (χ0v) is 7.76. The Hall–Kier alpha value is -0.590. The fraction of sp³-hybridized carbons (Fsp3) is 0.875. The van der Waals surface area contributed by atoms with Gasteiger partial charge in [0.25, 0.3) is 0 Å². The molecular formula is C8H17N3. The lowest BCUT2D eigenvalue weighted by atomic mass is 10.1. The Kier molecular flexibility index (Phi) is 3.50. The molecule has 0 aliphatic heterocycles. The van der Waals surface area contributed by atoms with Gasteiger partial charge in [-0.3, -0.25) is 4.90 Å². The Morgan fingerprint density at radius 2 is 2.00 bits per heavy atom. The summed E-state index contributed by atoms with van der Waals surface area (Å²) in [6.07, 6.45) is 0. The number of hydrogen-bond acceptors (Lipinski definition) is 3. The van der Waals surface area contributed by atoms with Crippen LogP contribution in [0.25, 0.3) is 0 Å². The summed E-state index contributed by atoms with van der Waals surface area (Å²) in [6, 6.07) is 1.63. The molecule has 0 aromatic carbocycles. The second kappa shape index (κ2) is 3.70. The maximum Gasteiger partial charge on any atom is 0.106 e. The standard InChI is InChI=1S/C8H17N3/c1-8(2,3)11(4)6-7(10)5-9/h7H,6,10H2,1-4H3. The SMILES string of the molecule is CN(CC(N)C#N)C(C)(C)C. The number of hydrogen-bond donors (Lipinski definition) is 1. The zero-order valence-electron chi connectivity index (χ0n) is 7.76. The van der Waals surface area contributed by atoms with Gasteiger partial charge in [-0.2, -0.15) is 5.26 Å². The fourth-order valence-electron chi connectivity index (χ4n) is 0.610. The Balaban J connectivity index is 3.90. The van der Waals surface area contributed by atoms with Crippen molar-refractivity contribution in [2.45, 2.75) is 32.4 Å². The second-order valence-corrected chi connectivity index (χ2v) is 3.79. The van der Waals surface area contributed by atoms with E-state index in [0.717, 1.165) is 0 Å². The summed E-state index contributed by atoms with van der Waals surface area (Å²) in [5, 5.41) is 8.45. The molecule has 0 fully saturated rings. The molecule has 0 saturated carbocycles. The summed E-state index contributed by atoms with van der Waals surface area (Å²) in [7, 11) is 1.97. The highest BCUT2D eigenvalue weighted by Gasteiger charge is 2.18. The van der Waals surface area contributed by atoms with Crippen LogP contribution in [0.5, 0.6) is 0 Å². The van der Waals surface area contributed by atoms with Crippen molar-refractivity contribution in [3.05, 3.63) is 0 Å². The van der Waals surface area contributed by atoms with Gasteiger partial charge in [-0.15, -0.1) is 0 Å². The highest BCUT2D eigenvalue weighted by atomic mass is 15.2. The molecule has 0 bridgehead atoms. The average molecular weight is 155 g/mol. The average Bonchev–Trinajstić information content (AvgIpc) is 1.85. The lowest BCUT2D eigenvalue weighted by Crippen LogP contribution is -2.44. The molecule has 0 radical (unpaired) electrons. The van der Waals surface area contributed by atoms with Gasteiger partial charge in [0.15, 0.2) is 0 Å². The van der Waals surface area contributed by atoms with Crippen molar-refractivity contribution in [1.82, 2.24) is 4.90 Å². The van der Waals surface area contributed by atoms with Gasteiger partial charge >= 0.3 is 0 Å². The number of nitriles is 1. The van der Waals surface area contributed by atoms with Crippen LogP contribution < -0.4 is 5.73 Å². The smallest absolute Gasteiger partial charge is 0.106 e. The molecule has 0 aliphatic carbocycles. The first-order chi connectivity index (χ1) is 4.88. The molecule has 0 saturated heterocycles. The van der Waals surface area contributed by atoms with Crippen LogP contribution in [0.3, 0.4) is 0 Å². The maximum atomic E-state index is 8.45. The highest BCUT2D eigenvalue weighted by Crippen LogP contribution is 2.09. The number of nitrogens with two attached hydrogens (primary N) is 1. The van der Waals surface area contributed by atoms with Crippen LogP contribution in [0.4, 0.5) is 0 Å². The predicted molar refractivity (Wildman–Crippen MR) is 46.0 cm³/mol. The van der Waals surface area contributed by atoms with Crippen molar-refractivity contribution in [3.63, 3.8) is 0 Å². The summed E-state index contributed by atoms with van der Waals surface area (Å²) < 4.78 is 0. The van der Waals surface area contributed by atoms with Crippen LogP contribution in [0.2, 0.25) is 0 Å². The van der Waals surface area contributed by atoms with Gasteiger partial charge in [-0.25, -0.2) is 0 Å². The van der Waals surface area contributed by atoms with Gasteiger partial charge in [0.2, 0.25) is 0 Å². The molecule has 0 aromatic heterocycles. The quantitative estimate of drug-likeness (QED) is 0.634. The lowest BCUT2D eigenvalue weighted by Gasteiger charge is -2.32. The molecule has 1 atom stereocenters. The predicted octanol–water partition coefficient (Wildman–Crippen LogP) is 0.568. The van der Waals surface area contributed by atoms with Crippen molar-refractivity contribution in [1.29, 1.82) is 5.26 Å². The first-order valence-corrected chi connectivity index (χ1v) is 3.74. The van der Waals surface area contributed by atoms with Crippen LogP contribution in [-0.4, -0.2) is 30.1 Å². The van der Waals surface area contributed by atoms with Gasteiger partial charge in [0.1, 0.15) is 6.04 Å². The first-order valence-electron chi connectivity index (χ1n) is 3.74. The summed E-state index contributed by atoms with van der Waals surface area (Å²) in [5.41, 5.74) is 5.56. The largest absolute Gasteiger partial charge is 0.315 e. The third kappa shape index (κ3) is 3.97. The summed E-state index contributed by atoms with van der Waals surface area (Å²) >= 11 is 0. The van der Waals surface area contributed by atoms with E-state index in [1.807, 2.05) is 13.1 Å². The summed E-state index contributed by atoms with van der Waals surface area (Å²) in [6.45, 7) is 6.91. The van der Waals surface area contributed by atoms with Gasteiger partial charge in [0, 0.05) is 12.1 Å². The van der Waals surface area contributed by atoms with E-state index in [0.29, 0.717) is 6.54 Å². The minimum absolute atomic E-state index is 0.0917. The van der Waals surface area contributed by atoms with Crippen LogP contribution in [-0.2, 0) is 0 Å². The molecule has 11 heavy (non-hydrogen) atoms. The molecule has 3 heteroatoms. The van der Waals surface area contributed by atoms with Gasteiger partial charge in [-0.05, 0) is 27.8 Å². The molecule has 2 N–H and O–H groups in total. The van der Waals surface area contributed by atoms with Gasteiger partial charge < -0.3 is 5.73 Å². The zero-order chi connectivity index (χ0) is 9.07. The molecule has 64 valence electrons. The van der Waals surface area contributed by atoms with E-state index >= 15 is 0 Å². The maximum absolute atomic E-state index is 8.45. The van der Waals surface area contributed by atoms with Crippen molar-refractivity contribution in [2.75, 3.05) is 13.6 Å². The molecule has 3 nitrogen and oxygen atoms in total. The second-order valence-electron chi connectivity index (χ2n) is 3.79. The molecule has 1 unspecified atom stereocenters. The van der Waals surface area contributed by atoms with E-state index in [1.54, 1.807) is 0 Å². The van der Waals surface area contributed by atoms with Crippen molar-refractivity contribution in [3.8, 4) is 6.07 Å². The fourth-order valence-corrected chi connectivity index (χ4v) is 0.610. The molecule has 0 aliphatic rings. The molecule has 0 amide bonds. The lowest BCUT2D eigenvalue weighted by molar-refractivity contribution is 0.173. The third-order valence-electron chi connectivity index (χ3n) is 1.78. The molecule has 0 rings (SSSR count). The summed E-state index contributed by atoms with van der Waals surface area (Å²) in [5.74, 6) is 0. The molecule has 0 aromatic rings. The van der Waals surface area contributed by atoms with Gasteiger partial charge in [0.05, 0.1) is 6.07 Å². The van der Waals surface area contributed by atoms with Crippen molar-refractivity contribution < 1.29 is 0 Å².